The van der Waals surface area contributed by atoms with Crippen molar-refractivity contribution in [2.24, 2.45) is 5.73 Å². The normalized spacial score (nSPS) is 12.9. The maximum Gasteiger partial charge on any atom is 0.237 e. The maximum atomic E-state index is 11.3. The molecule has 5 heteroatoms. The highest BCUT2D eigenvalue weighted by Gasteiger charge is 2.13. The van der Waals surface area contributed by atoms with Crippen LogP contribution in [0.25, 0.3) is 0 Å². The van der Waals surface area contributed by atoms with Crippen LogP contribution in [0.3, 0.4) is 0 Å². The van der Waals surface area contributed by atoms with Crippen LogP contribution in [0.2, 0.25) is 0 Å². The first-order chi connectivity index (χ1) is 7.15. The van der Waals surface area contributed by atoms with E-state index in [0.717, 1.165) is 0 Å². The fourth-order valence-corrected chi connectivity index (χ4v) is 1.04. The molecule has 0 aromatic carbocycles. The molecule has 1 amide bonds. The number of rotatable bonds is 8. The molecule has 1 atom stereocenters. The van der Waals surface area contributed by atoms with Crippen molar-refractivity contribution in [3.8, 4) is 0 Å². The maximum absolute atomic E-state index is 11.3. The molecule has 15 heavy (non-hydrogen) atoms. The van der Waals surface area contributed by atoms with Gasteiger partial charge in [-0.1, -0.05) is 6.92 Å². The third kappa shape index (κ3) is 6.43. The smallest absolute Gasteiger partial charge is 0.237 e. The van der Waals surface area contributed by atoms with E-state index in [2.05, 4.69) is 5.32 Å². The number of carbonyl (C=O) groups is 1. The first kappa shape index (κ1) is 14.3. The SMILES string of the molecule is CCOC(CNC(=O)[C@@H](N)CC)OCC. The highest BCUT2D eigenvalue weighted by molar-refractivity contribution is 5.81. The first-order valence-electron chi connectivity index (χ1n) is 5.42. The Kier molecular flexibility index (Phi) is 8.27. The van der Waals surface area contributed by atoms with Gasteiger partial charge in [0.1, 0.15) is 0 Å². The molecular weight excluding hydrogens is 196 g/mol. The third-order valence-electron chi connectivity index (χ3n) is 1.92. The highest BCUT2D eigenvalue weighted by atomic mass is 16.7. The van der Waals surface area contributed by atoms with Crippen LogP contribution in [0, 0.1) is 0 Å². The van der Waals surface area contributed by atoms with Crippen LogP contribution >= 0.6 is 0 Å². The summed E-state index contributed by atoms with van der Waals surface area (Å²) in [5.74, 6) is -0.165. The number of nitrogens with one attached hydrogen (secondary N) is 1. The molecule has 0 aromatic heterocycles. The Bertz CT molecular complexity index is 170. The van der Waals surface area contributed by atoms with Crippen molar-refractivity contribution in [3.63, 3.8) is 0 Å². The molecule has 0 aromatic rings. The van der Waals surface area contributed by atoms with Gasteiger partial charge in [0.15, 0.2) is 6.29 Å². The molecule has 0 radical (unpaired) electrons. The Labute approximate surface area is 91.3 Å². The minimum atomic E-state index is -0.450. The van der Waals surface area contributed by atoms with E-state index in [-0.39, 0.29) is 12.2 Å². The third-order valence-corrected chi connectivity index (χ3v) is 1.92. The molecule has 0 fully saturated rings. The average molecular weight is 218 g/mol. The van der Waals surface area contributed by atoms with Gasteiger partial charge in [0.2, 0.25) is 5.91 Å². The summed E-state index contributed by atoms with van der Waals surface area (Å²) in [6.07, 6.45) is 0.243. The van der Waals surface area contributed by atoms with Crippen LogP contribution in [0.5, 0.6) is 0 Å². The number of nitrogens with two attached hydrogens (primary N) is 1. The van der Waals surface area contributed by atoms with Crippen LogP contribution < -0.4 is 11.1 Å². The minimum Gasteiger partial charge on any atom is -0.351 e. The summed E-state index contributed by atoms with van der Waals surface area (Å²) >= 11 is 0. The van der Waals surface area contributed by atoms with Gasteiger partial charge in [-0.25, -0.2) is 0 Å². The Hall–Kier alpha value is -0.650. The fourth-order valence-electron chi connectivity index (χ4n) is 1.04. The minimum absolute atomic E-state index is 0.165. The van der Waals surface area contributed by atoms with Crippen LogP contribution in [-0.4, -0.2) is 38.0 Å². The summed E-state index contributed by atoms with van der Waals surface area (Å²) in [4.78, 5) is 11.3. The van der Waals surface area contributed by atoms with Gasteiger partial charge in [-0.2, -0.15) is 0 Å². The number of carbonyl (C=O) groups excluding carboxylic acids is 1. The average Bonchev–Trinajstić information content (AvgIpc) is 2.25. The largest absolute Gasteiger partial charge is 0.351 e. The van der Waals surface area contributed by atoms with Crippen molar-refractivity contribution >= 4 is 5.91 Å². The zero-order valence-corrected chi connectivity index (χ0v) is 9.79. The number of hydrogen-bond acceptors (Lipinski definition) is 4. The zero-order valence-electron chi connectivity index (χ0n) is 9.79. The van der Waals surface area contributed by atoms with E-state index < -0.39 is 6.04 Å². The monoisotopic (exact) mass is 218 g/mol. The van der Waals surface area contributed by atoms with Crippen LogP contribution in [0.15, 0.2) is 0 Å². The van der Waals surface area contributed by atoms with E-state index in [9.17, 15) is 4.79 Å². The van der Waals surface area contributed by atoms with Gasteiger partial charge in [0.25, 0.3) is 0 Å². The molecule has 0 unspecified atom stereocenters. The number of amides is 1. The lowest BCUT2D eigenvalue weighted by molar-refractivity contribution is -0.141. The number of ether oxygens (including phenoxy) is 2. The van der Waals surface area contributed by atoms with Crippen molar-refractivity contribution in [3.05, 3.63) is 0 Å². The zero-order chi connectivity index (χ0) is 11.7. The molecule has 0 heterocycles. The summed E-state index contributed by atoms with van der Waals surface area (Å²) in [6, 6.07) is -0.450. The molecule has 0 aliphatic carbocycles. The molecule has 0 bridgehead atoms. The van der Waals surface area contributed by atoms with Crippen molar-refractivity contribution < 1.29 is 14.3 Å². The fraction of sp³-hybridized carbons (Fsp3) is 0.900. The van der Waals surface area contributed by atoms with E-state index in [4.69, 9.17) is 15.2 Å². The first-order valence-corrected chi connectivity index (χ1v) is 5.42. The Balaban J connectivity index is 3.82. The van der Waals surface area contributed by atoms with E-state index >= 15 is 0 Å². The van der Waals surface area contributed by atoms with Gasteiger partial charge < -0.3 is 20.5 Å². The van der Waals surface area contributed by atoms with Crippen LogP contribution in [-0.2, 0) is 14.3 Å². The molecule has 0 spiro atoms. The van der Waals surface area contributed by atoms with E-state index in [0.29, 0.717) is 26.2 Å². The van der Waals surface area contributed by atoms with Gasteiger partial charge in [0, 0.05) is 13.2 Å². The predicted octanol–water partition coefficient (Wildman–Crippen LogP) is 0.239. The Morgan fingerprint density at radius 1 is 1.27 bits per heavy atom. The Morgan fingerprint density at radius 2 is 1.80 bits per heavy atom. The van der Waals surface area contributed by atoms with Gasteiger partial charge >= 0.3 is 0 Å². The number of hydrogen-bond donors (Lipinski definition) is 2. The molecule has 0 aliphatic rings. The summed E-state index contributed by atoms with van der Waals surface area (Å²) < 4.78 is 10.5. The lowest BCUT2D eigenvalue weighted by Crippen LogP contribution is -2.44. The van der Waals surface area contributed by atoms with Gasteiger partial charge in [-0.15, -0.1) is 0 Å². The molecule has 0 rings (SSSR count). The van der Waals surface area contributed by atoms with E-state index in [1.807, 2.05) is 20.8 Å². The van der Waals surface area contributed by atoms with Gasteiger partial charge in [0.05, 0.1) is 12.6 Å². The molecule has 3 N–H and O–H groups in total. The van der Waals surface area contributed by atoms with Crippen molar-refractivity contribution in [1.29, 1.82) is 0 Å². The standard InChI is InChI=1S/C10H22N2O3/c1-4-8(11)10(13)12-7-9(14-5-2)15-6-3/h8-9H,4-7,11H2,1-3H3,(H,12,13)/t8-/m0/s1. The van der Waals surface area contributed by atoms with Crippen LogP contribution in [0.1, 0.15) is 27.2 Å². The van der Waals surface area contributed by atoms with Crippen molar-refractivity contribution in [2.75, 3.05) is 19.8 Å². The second kappa shape index (κ2) is 8.64. The summed E-state index contributed by atoms with van der Waals surface area (Å²) in [5, 5.41) is 2.69. The van der Waals surface area contributed by atoms with Gasteiger partial charge in [-0.3, -0.25) is 4.79 Å². The van der Waals surface area contributed by atoms with Crippen LogP contribution in [0.4, 0.5) is 0 Å². The second-order valence-electron chi connectivity index (χ2n) is 3.10. The molecule has 0 aliphatic heterocycles. The van der Waals surface area contributed by atoms with E-state index in [1.165, 1.54) is 0 Å². The molecule has 0 saturated carbocycles. The van der Waals surface area contributed by atoms with E-state index in [1.54, 1.807) is 0 Å². The topological polar surface area (TPSA) is 73.6 Å². The lowest BCUT2D eigenvalue weighted by Gasteiger charge is -2.18. The summed E-state index contributed by atoms with van der Waals surface area (Å²) in [6.45, 7) is 7.08. The molecule has 0 saturated heterocycles. The van der Waals surface area contributed by atoms with Crippen molar-refractivity contribution in [1.82, 2.24) is 5.32 Å². The second-order valence-corrected chi connectivity index (χ2v) is 3.10. The summed E-state index contributed by atoms with van der Waals surface area (Å²) in [5.41, 5.74) is 5.56. The quantitative estimate of drug-likeness (QED) is 0.572. The predicted molar refractivity (Wildman–Crippen MR) is 58.3 cm³/mol. The van der Waals surface area contributed by atoms with Gasteiger partial charge in [-0.05, 0) is 20.3 Å². The highest BCUT2D eigenvalue weighted by Crippen LogP contribution is 1.94. The lowest BCUT2D eigenvalue weighted by atomic mass is 10.2. The molecule has 90 valence electrons. The molecule has 5 nitrogen and oxygen atoms in total. The Morgan fingerprint density at radius 3 is 2.20 bits per heavy atom. The molecular formula is C10H22N2O3. The summed E-state index contributed by atoms with van der Waals surface area (Å²) in [7, 11) is 0. The van der Waals surface area contributed by atoms with Crippen molar-refractivity contribution in [2.45, 2.75) is 39.5 Å².